The van der Waals surface area contributed by atoms with Crippen molar-refractivity contribution < 1.29 is 4.79 Å². The molecule has 2 heterocycles. The summed E-state index contributed by atoms with van der Waals surface area (Å²) in [6.07, 6.45) is 6.73. The van der Waals surface area contributed by atoms with Crippen molar-refractivity contribution in [2.24, 2.45) is 0 Å². The lowest BCUT2D eigenvalue weighted by Gasteiger charge is -2.35. The second-order valence-corrected chi connectivity index (χ2v) is 5.11. The fourth-order valence-electron chi connectivity index (χ4n) is 2.43. The number of hydrogen-bond donors (Lipinski definition) is 0. The van der Waals surface area contributed by atoms with Crippen LogP contribution in [0.1, 0.15) is 38.8 Å². The molecule has 0 radical (unpaired) electrons. The van der Waals surface area contributed by atoms with Gasteiger partial charge in [0.1, 0.15) is 0 Å². The van der Waals surface area contributed by atoms with Crippen LogP contribution in [0.3, 0.4) is 0 Å². The molecule has 4 nitrogen and oxygen atoms in total. The third-order valence-electron chi connectivity index (χ3n) is 3.69. The number of fused-ring (bicyclic) bond motifs is 1. The molecule has 2 aliphatic rings. The highest BCUT2D eigenvalue weighted by Gasteiger charge is 2.49. The highest BCUT2D eigenvalue weighted by Crippen LogP contribution is 2.42. The van der Waals surface area contributed by atoms with Gasteiger partial charge in [-0.3, -0.25) is 14.7 Å². The van der Waals surface area contributed by atoms with E-state index in [4.69, 9.17) is 0 Å². The van der Waals surface area contributed by atoms with Crippen LogP contribution < -0.4 is 4.90 Å². The Morgan fingerprint density at radius 1 is 1.29 bits per heavy atom. The van der Waals surface area contributed by atoms with Crippen molar-refractivity contribution >= 4 is 24.1 Å². The molecular weight excluding hydrogens is 238 g/mol. The second-order valence-electron chi connectivity index (χ2n) is 5.11. The lowest BCUT2D eigenvalue weighted by Crippen LogP contribution is -2.46. The van der Waals surface area contributed by atoms with Gasteiger partial charge in [-0.2, -0.15) is 0 Å². The van der Waals surface area contributed by atoms with Crippen molar-refractivity contribution in [1.82, 2.24) is 9.97 Å². The molecule has 1 aromatic heterocycles. The van der Waals surface area contributed by atoms with E-state index in [0.717, 1.165) is 24.4 Å². The first-order valence-electron chi connectivity index (χ1n) is 5.77. The Balaban J connectivity index is 0.00000108. The highest BCUT2D eigenvalue weighted by atomic mass is 35.5. The average Bonchev–Trinajstić information content (AvgIpc) is 2.39. The first kappa shape index (κ1) is 12.3. The maximum atomic E-state index is 12.4. The maximum Gasteiger partial charge on any atom is 0.240 e. The molecule has 17 heavy (non-hydrogen) atoms. The summed E-state index contributed by atoms with van der Waals surface area (Å²) in [6, 6.07) is 0.352. The fourth-order valence-corrected chi connectivity index (χ4v) is 2.43. The SMILES string of the molecule is CC1(C)C(=O)N(C2CCC2)c2nccnc21.Cl. The van der Waals surface area contributed by atoms with E-state index in [-0.39, 0.29) is 18.3 Å². The van der Waals surface area contributed by atoms with Gasteiger partial charge in [0.05, 0.1) is 11.1 Å². The molecule has 0 spiro atoms. The Morgan fingerprint density at radius 3 is 2.53 bits per heavy atom. The van der Waals surface area contributed by atoms with Crippen molar-refractivity contribution in [3.05, 3.63) is 18.1 Å². The van der Waals surface area contributed by atoms with Crippen LogP contribution >= 0.6 is 12.4 Å². The summed E-state index contributed by atoms with van der Waals surface area (Å²) in [5.74, 6) is 0.931. The van der Waals surface area contributed by atoms with E-state index < -0.39 is 5.41 Å². The van der Waals surface area contributed by atoms with E-state index in [0.29, 0.717) is 6.04 Å². The molecule has 0 atom stereocenters. The summed E-state index contributed by atoms with van der Waals surface area (Å²) in [7, 11) is 0. The Kier molecular flexibility index (Phi) is 2.86. The second kappa shape index (κ2) is 3.95. The molecular formula is C12H16ClN3O. The molecule has 1 fully saturated rings. The zero-order valence-electron chi connectivity index (χ0n) is 10.0. The number of amides is 1. The number of carbonyl (C=O) groups excluding carboxylic acids is 1. The molecule has 1 saturated carbocycles. The number of rotatable bonds is 1. The summed E-state index contributed by atoms with van der Waals surface area (Å²) >= 11 is 0. The number of aromatic nitrogens is 2. The minimum absolute atomic E-state index is 0. The molecule has 3 rings (SSSR count). The molecule has 92 valence electrons. The highest BCUT2D eigenvalue weighted by molar-refractivity contribution is 6.06. The zero-order valence-corrected chi connectivity index (χ0v) is 10.8. The molecule has 1 aliphatic heterocycles. The third-order valence-corrected chi connectivity index (χ3v) is 3.69. The smallest absolute Gasteiger partial charge is 0.240 e. The van der Waals surface area contributed by atoms with E-state index in [1.54, 1.807) is 12.4 Å². The van der Waals surface area contributed by atoms with Crippen molar-refractivity contribution in [2.75, 3.05) is 4.90 Å². The van der Waals surface area contributed by atoms with Gasteiger partial charge in [-0.1, -0.05) is 0 Å². The summed E-state index contributed by atoms with van der Waals surface area (Å²) in [6.45, 7) is 3.86. The van der Waals surface area contributed by atoms with Crippen LogP contribution in [0.5, 0.6) is 0 Å². The number of hydrogen-bond acceptors (Lipinski definition) is 3. The van der Waals surface area contributed by atoms with Gasteiger partial charge in [0, 0.05) is 18.4 Å². The predicted octanol–water partition coefficient (Wildman–Crippen LogP) is 2.08. The fraction of sp³-hybridized carbons (Fsp3) is 0.583. The number of carbonyl (C=O) groups is 1. The van der Waals surface area contributed by atoms with E-state index in [2.05, 4.69) is 9.97 Å². The van der Waals surface area contributed by atoms with Crippen molar-refractivity contribution in [3.8, 4) is 0 Å². The Hall–Kier alpha value is -1.16. The topological polar surface area (TPSA) is 46.1 Å². The molecule has 0 N–H and O–H groups in total. The van der Waals surface area contributed by atoms with Crippen LogP contribution in [-0.2, 0) is 10.2 Å². The van der Waals surface area contributed by atoms with Gasteiger partial charge in [0.25, 0.3) is 0 Å². The van der Waals surface area contributed by atoms with Crippen LogP contribution in [0.15, 0.2) is 12.4 Å². The molecule has 0 bridgehead atoms. The molecule has 0 unspecified atom stereocenters. The minimum atomic E-state index is -0.515. The zero-order chi connectivity index (χ0) is 11.3. The molecule has 1 aromatic rings. The van der Waals surface area contributed by atoms with Crippen LogP contribution in [0.25, 0.3) is 0 Å². The van der Waals surface area contributed by atoms with Gasteiger partial charge in [-0.05, 0) is 33.1 Å². The van der Waals surface area contributed by atoms with Crippen molar-refractivity contribution in [2.45, 2.75) is 44.6 Å². The van der Waals surface area contributed by atoms with Crippen LogP contribution in [0.2, 0.25) is 0 Å². The molecule has 0 aromatic carbocycles. The van der Waals surface area contributed by atoms with Gasteiger partial charge in [0.2, 0.25) is 5.91 Å². The monoisotopic (exact) mass is 253 g/mol. The van der Waals surface area contributed by atoms with Crippen LogP contribution in [-0.4, -0.2) is 21.9 Å². The number of nitrogens with zero attached hydrogens (tertiary/aromatic N) is 3. The van der Waals surface area contributed by atoms with E-state index >= 15 is 0 Å². The van der Waals surface area contributed by atoms with Crippen molar-refractivity contribution in [3.63, 3.8) is 0 Å². The van der Waals surface area contributed by atoms with Crippen molar-refractivity contribution in [1.29, 1.82) is 0 Å². The molecule has 0 saturated heterocycles. The predicted molar refractivity (Wildman–Crippen MR) is 67.4 cm³/mol. The van der Waals surface area contributed by atoms with Gasteiger partial charge in [0.15, 0.2) is 5.82 Å². The number of halogens is 1. The quantitative estimate of drug-likeness (QED) is 0.770. The number of anilines is 1. The minimum Gasteiger partial charge on any atom is -0.291 e. The van der Waals surface area contributed by atoms with E-state index in [1.165, 1.54) is 6.42 Å². The summed E-state index contributed by atoms with van der Waals surface area (Å²) in [5.41, 5.74) is 0.311. The first-order chi connectivity index (χ1) is 7.62. The lowest BCUT2D eigenvalue weighted by atomic mass is 9.89. The third kappa shape index (κ3) is 1.54. The summed E-state index contributed by atoms with van der Waals surface area (Å²) < 4.78 is 0. The standard InChI is InChI=1S/C12H15N3O.ClH/c1-12(2)9-10(14-7-6-13-9)15(11(12)16)8-4-3-5-8;/h6-8H,3-5H2,1-2H3;1H. The van der Waals surface area contributed by atoms with Gasteiger partial charge in [-0.15, -0.1) is 12.4 Å². The normalized spacial score (nSPS) is 21.8. The lowest BCUT2D eigenvalue weighted by molar-refractivity contribution is -0.123. The average molecular weight is 254 g/mol. The first-order valence-corrected chi connectivity index (χ1v) is 5.77. The summed E-state index contributed by atoms with van der Waals surface area (Å²) in [4.78, 5) is 22.9. The van der Waals surface area contributed by atoms with Gasteiger partial charge in [-0.25, -0.2) is 4.98 Å². The van der Waals surface area contributed by atoms with Crippen LogP contribution in [0, 0.1) is 0 Å². The molecule has 1 aliphatic carbocycles. The Labute approximate surface area is 107 Å². The Bertz CT molecular complexity index is 457. The molecule has 5 heteroatoms. The van der Waals surface area contributed by atoms with Gasteiger partial charge < -0.3 is 0 Å². The maximum absolute atomic E-state index is 12.4. The van der Waals surface area contributed by atoms with Gasteiger partial charge >= 0.3 is 0 Å². The Morgan fingerprint density at radius 2 is 1.94 bits per heavy atom. The van der Waals surface area contributed by atoms with Crippen LogP contribution in [0.4, 0.5) is 5.82 Å². The van der Waals surface area contributed by atoms with E-state index in [9.17, 15) is 4.79 Å². The van der Waals surface area contributed by atoms with E-state index in [1.807, 2.05) is 18.7 Å². The molecule has 1 amide bonds. The largest absolute Gasteiger partial charge is 0.291 e. The summed E-state index contributed by atoms with van der Waals surface area (Å²) in [5, 5.41) is 0.